The summed E-state index contributed by atoms with van der Waals surface area (Å²) in [6.07, 6.45) is 10.3. The molecule has 3 fully saturated rings. The fraction of sp³-hybridized carbons (Fsp3) is 0.929. The van der Waals surface area contributed by atoms with Crippen LogP contribution in [0.1, 0.15) is 92.9 Å². The zero-order chi connectivity index (χ0) is 22.7. The first-order chi connectivity index (χ1) is 14.5. The Morgan fingerprint density at radius 3 is 2.29 bits per heavy atom. The molecule has 11 atom stereocenters. The summed E-state index contributed by atoms with van der Waals surface area (Å²) in [5.74, 6) is 3.35. The first-order valence-electron chi connectivity index (χ1n) is 13.2. The van der Waals surface area contributed by atoms with Crippen molar-refractivity contribution < 1.29 is 15.3 Å². The van der Waals surface area contributed by atoms with Crippen LogP contribution in [0.5, 0.6) is 0 Å². The highest BCUT2D eigenvalue weighted by Crippen LogP contribution is 2.67. The Kier molecular flexibility index (Phi) is 6.47. The second-order valence-electron chi connectivity index (χ2n) is 12.8. The van der Waals surface area contributed by atoms with Crippen molar-refractivity contribution >= 4 is 0 Å². The number of allylic oxidation sites excluding steroid dienone is 1. The molecule has 0 bridgehead atoms. The number of hydrogen-bond acceptors (Lipinski definition) is 3. The summed E-state index contributed by atoms with van der Waals surface area (Å²) in [6.45, 7) is 13.5. The Morgan fingerprint density at radius 1 is 0.903 bits per heavy atom. The minimum atomic E-state index is -0.637. The summed E-state index contributed by atoms with van der Waals surface area (Å²) in [6, 6.07) is 0. The van der Waals surface area contributed by atoms with Crippen molar-refractivity contribution in [1.29, 1.82) is 0 Å². The van der Waals surface area contributed by atoms with Crippen LogP contribution < -0.4 is 0 Å². The van der Waals surface area contributed by atoms with E-state index >= 15 is 0 Å². The third-order valence-electron chi connectivity index (χ3n) is 11.3. The number of aliphatic hydroxyl groups is 3. The van der Waals surface area contributed by atoms with E-state index in [4.69, 9.17) is 0 Å². The molecule has 0 aliphatic heterocycles. The maximum absolute atomic E-state index is 11.1. The van der Waals surface area contributed by atoms with Gasteiger partial charge in [0.15, 0.2) is 0 Å². The number of aliphatic hydroxyl groups excluding tert-OH is 3. The maximum Gasteiger partial charge on any atom is 0.0830 e. The van der Waals surface area contributed by atoms with Gasteiger partial charge < -0.3 is 15.3 Å². The molecule has 4 aliphatic carbocycles. The Morgan fingerprint density at radius 2 is 1.61 bits per heavy atom. The lowest BCUT2D eigenvalue weighted by molar-refractivity contribution is -0.0967. The smallest absolute Gasteiger partial charge is 0.0830 e. The topological polar surface area (TPSA) is 60.7 Å². The first kappa shape index (κ1) is 23.8. The molecule has 0 spiro atoms. The van der Waals surface area contributed by atoms with Crippen LogP contribution in [0.3, 0.4) is 0 Å². The summed E-state index contributed by atoms with van der Waals surface area (Å²) < 4.78 is 0. The number of fused-ring (bicyclic) bond motifs is 5. The van der Waals surface area contributed by atoms with Crippen molar-refractivity contribution in [2.75, 3.05) is 0 Å². The fourth-order valence-corrected chi connectivity index (χ4v) is 8.80. The van der Waals surface area contributed by atoms with E-state index in [-0.39, 0.29) is 28.8 Å². The van der Waals surface area contributed by atoms with Gasteiger partial charge in [0.05, 0.1) is 18.3 Å². The van der Waals surface area contributed by atoms with Crippen LogP contribution in [-0.4, -0.2) is 33.6 Å². The highest BCUT2D eigenvalue weighted by Gasteiger charge is 2.59. The lowest BCUT2D eigenvalue weighted by atomic mass is 9.47. The highest BCUT2D eigenvalue weighted by molar-refractivity contribution is 5.25. The molecule has 0 saturated heterocycles. The third-order valence-corrected chi connectivity index (χ3v) is 11.3. The molecule has 0 radical (unpaired) electrons. The molecule has 0 heterocycles. The number of rotatable bonds is 5. The van der Waals surface area contributed by atoms with E-state index in [0.29, 0.717) is 11.8 Å². The molecule has 31 heavy (non-hydrogen) atoms. The molecule has 178 valence electrons. The Balaban J connectivity index is 1.53. The average Bonchev–Trinajstić information content (AvgIpc) is 3.09. The molecule has 3 N–H and O–H groups in total. The van der Waals surface area contributed by atoms with Gasteiger partial charge in [0.2, 0.25) is 0 Å². The zero-order valence-electron chi connectivity index (χ0n) is 20.8. The van der Waals surface area contributed by atoms with Gasteiger partial charge in [-0.15, -0.1) is 0 Å². The SMILES string of the molecule is CC(C)[C@H](C)[C@@H](O)[C@H](O)[C@@H](C)[C@H]1CC[C@H]2[C@@H]3CC=C4C[C@@H](O)CC[C@]4(C)[C@H]3CC[C@]12C. The molecule has 3 heteroatoms. The molecule has 0 amide bonds. The van der Waals surface area contributed by atoms with Gasteiger partial charge in [0, 0.05) is 0 Å². The number of hydrogen-bond donors (Lipinski definition) is 3. The first-order valence-corrected chi connectivity index (χ1v) is 13.2. The molecular formula is C28H48O3. The molecule has 0 aromatic heterocycles. The van der Waals surface area contributed by atoms with Gasteiger partial charge >= 0.3 is 0 Å². The fourth-order valence-electron chi connectivity index (χ4n) is 8.80. The Hall–Kier alpha value is -0.380. The lowest BCUT2D eigenvalue weighted by Crippen LogP contribution is -2.52. The van der Waals surface area contributed by atoms with Gasteiger partial charge in [0.25, 0.3) is 0 Å². The van der Waals surface area contributed by atoms with Gasteiger partial charge in [0.1, 0.15) is 0 Å². The normalized spacial score (nSPS) is 46.4. The van der Waals surface area contributed by atoms with Crippen molar-refractivity contribution in [3.8, 4) is 0 Å². The van der Waals surface area contributed by atoms with Gasteiger partial charge in [-0.3, -0.25) is 0 Å². The minimum absolute atomic E-state index is 0.113. The minimum Gasteiger partial charge on any atom is -0.393 e. The van der Waals surface area contributed by atoms with Crippen molar-refractivity contribution in [2.24, 2.45) is 52.3 Å². The van der Waals surface area contributed by atoms with Gasteiger partial charge in [-0.2, -0.15) is 0 Å². The summed E-state index contributed by atoms with van der Waals surface area (Å²) in [5.41, 5.74) is 2.11. The van der Waals surface area contributed by atoms with Crippen molar-refractivity contribution in [3.05, 3.63) is 11.6 Å². The largest absolute Gasteiger partial charge is 0.393 e. The summed E-state index contributed by atoms with van der Waals surface area (Å²) in [5, 5.41) is 32.2. The summed E-state index contributed by atoms with van der Waals surface area (Å²) >= 11 is 0. The van der Waals surface area contributed by atoms with Crippen LogP contribution in [0.15, 0.2) is 11.6 Å². The van der Waals surface area contributed by atoms with Gasteiger partial charge in [-0.1, -0.05) is 53.2 Å². The predicted molar refractivity (Wildman–Crippen MR) is 126 cm³/mol. The second-order valence-corrected chi connectivity index (χ2v) is 12.8. The monoisotopic (exact) mass is 432 g/mol. The van der Waals surface area contributed by atoms with E-state index in [9.17, 15) is 15.3 Å². The Bertz CT molecular complexity index is 686. The molecular weight excluding hydrogens is 384 g/mol. The van der Waals surface area contributed by atoms with Crippen LogP contribution in [0, 0.1) is 52.3 Å². The van der Waals surface area contributed by atoms with Crippen LogP contribution in [0.25, 0.3) is 0 Å². The molecule has 0 aromatic carbocycles. The Labute approximate surface area is 190 Å². The highest BCUT2D eigenvalue weighted by atomic mass is 16.3. The van der Waals surface area contributed by atoms with E-state index in [1.54, 1.807) is 5.57 Å². The zero-order valence-corrected chi connectivity index (χ0v) is 20.8. The van der Waals surface area contributed by atoms with Crippen LogP contribution in [0.2, 0.25) is 0 Å². The van der Waals surface area contributed by atoms with E-state index in [1.807, 2.05) is 0 Å². The molecule has 0 aromatic rings. The molecule has 3 saturated carbocycles. The van der Waals surface area contributed by atoms with Crippen molar-refractivity contribution in [1.82, 2.24) is 0 Å². The quantitative estimate of drug-likeness (QED) is 0.497. The molecule has 3 nitrogen and oxygen atoms in total. The predicted octanol–water partition coefficient (Wildman–Crippen LogP) is 5.58. The lowest BCUT2D eigenvalue weighted by Gasteiger charge is -2.58. The van der Waals surface area contributed by atoms with Crippen LogP contribution >= 0.6 is 0 Å². The molecule has 4 aliphatic rings. The van der Waals surface area contributed by atoms with E-state index < -0.39 is 12.2 Å². The van der Waals surface area contributed by atoms with Gasteiger partial charge in [-0.05, 0) is 104 Å². The third kappa shape index (κ3) is 3.75. The molecule has 0 unspecified atom stereocenters. The van der Waals surface area contributed by atoms with E-state index in [1.165, 1.54) is 32.1 Å². The van der Waals surface area contributed by atoms with Crippen molar-refractivity contribution in [3.63, 3.8) is 0 Å². The second kappa shape index (κ2) is 8.44. The van der Waals surface area contributed by atoms with Gasteiger partial charge in [-0.25, -0.2) is 0 Å². The molecule has 4 rings (SSSR count). The summed E-state index contributed by atoms with van der Waals surface area (Å²) in [4.78, 5) is 0. The van der Waals surface area contributed by atoms with Crippen LogP contribution in [0.4, 0.5) is 0 Å². The summed E-state index contributed by atoms with van der Waals surface area (Å²) in [7, 11) is 0. The maximum atomic E-state index is 11.1. The average molecular weight is 433 g/mol. The van der Waals surface area contributed by atoms with E-state index in [0.717, 1.165) is 37.0 Å². The van der Waals surface area contributed by atoms with E-state index in [2.05, 4.69) is 47.6 Å². The van der Waals surface area contributed by atoms with Crippen molar-refractivity contribution in [2.45, 2.75) is 111 Å². The standard InChI is InChI=1S/C28H48O3/c1-16(2)17(3)25(30)26(31)18(4)22-9-10-23-21-8-7-19-15-20(29)11-13-27(19,5)24(21)12-14-28(22,23)6/h7,16-18,20-26,29-31H,8-15H2,1-6H3/t17-,18-,20-,21-,22+,23-,24-,25+,26+,27-,28+/m0/s1. The van der Waals surface area contributed by atoms with Crippen LogP contribution in [-0.2, 0) is 0 Å².